The van der Waals surface area contributed by atoms with Crippen molar-refractivity contribution < 1.29 is 4.74 Å². The van der Waals surface area contributed by atoms with Crippen molar-refractivity contribution in [2.75, 3.05) is 12.4 Å². The number of hydrogen-bond acceptors (Lipinski definition) is 2. The Balaban J connectivity index is 2.09. The van der Waals surface area contributed by atoms with Crippen molar-refractivity contribution in [1.29, 1.82) is 0 Å². The molecule has 0 bridgehead atoms. The van der Waals surface area contributed by atoms with Gasteiger partial charge >= 0.3 is 0 Å². The van der Waals surface area contributed by atoms with Gasteiger partial charge in [-0.25, -0.2) is 0 Å². The van der Waals surface area contributed by atoms with E-state index in [0.717, 1.165) is 17.0 Å². The molecule has 2 aromatic carbocycles. The smallest absolute Gasteiger partial charge is 0.123 e. The van der Waals surface area contributed by atoms with Gasteiger partial charge in [0.1, 0.15) is 5.75 Å². The molecule has 0 unspecified atom stereocenters. The first kappa shape index (κ1) is 13.1. The van der Waals surface area contributed by atoms with Crippen LogP contribution in [0.1, 0.15) is 5.56 Å². The first-order valence-corrected chi connectivity index (χ1v) is 6.27. The third-order valence-corrected chi connectivity index (χ3v) is 3.33. The van der Waals surface area contributed by atoms with E-state index in [9.17, 15) is 0 Å². The third kappa shape index (κ3) is 3.09. The van der Waals surface area contributed by atoms with Gasteiger partial charge in [-0.15, -0.1) is 0 Å². The normalized spacial score (nSPS) is 10.2. The van der Waals surface area contributed by atoms with Crippen LogP contribution in [0, 0.1) is 0 Å². The highest BCUT2D eigenvalue weighted by Gasteiger charge is 2.02. The molecule has 2 aromatic rings. The number of nitrogens with one attached hydrogen (secondary N) is 1. The molecule has 0 saturated heterocycles. The zero-order chi connectivity index (χ0) is 13.0. The molecule has 0 atom stereocenters. The number of halogens is 2. The topological polar surface area (TPSA) is 21.3 Å². The molecule has 0 aromatic heterocycles. The maximum Gasteiger partial charge on any atom is 0.123 e. The summed E-state index contributed by atoms with van der Waals surface area (Å²) in [5.74, 6) is 0.866. The van der Waals surface area contributed by atoms with Crippen molar-refractivity contribution in [3.05, 3.63) is 58.1 Å². The van der Waals surface area contributed by atoms with E-state index in [4.69, 9.17) is 27.9 Å². The molecule has 1 N–H and O–H groups in total. The molecular formula is C14H13Cl2NO. The molecule has 0 spiro atoms. The molecule has 0 aliphatic rings. The van der Waals surface area contributed by atoms with E-state index in [1.165, 1.54) is 0 Å². The minimum absolute atomic E-state index is 0.543. The minimum Gasteiger partial charge on any atom is -0.496 e. The van der Waals surface area contributed by atoms with Gasteiger partial charge in [-0.2, -0.15) is 0 Å². The maximum atomic E-state index is 5.96. The Morgan fingerprint density at radius 1 is 1.06 bits per heavy atom. The van der Waals surface area contributed by atoms with Crippen LogP contribution in [0.15, 0.2) is 42.5 Å². The van der Waals surface area contributed by atoms with Crippen LogP contribution in [0.25, 0.3) is 0 Å². The molecule has 2 nitrogen and oxygen atoms in total. The van der Waals surface area contributed by atoms with Crippen LogP contribution < -0.4 is 10.1 Å². The molecule has 0 fully saturated rings. The molecule has 4 heteroatoms. The largest absolute Gasteiger partial charge is 0.496 e. The SMILES string of the molecule is COc1ccccc1CNc1ccc(Cl)c(Cl)c1. The standard InChI is InChI=1S/C14H13Cl2NO/c1-18-14-5-3-2-4-10(14)9-17-11-6-7-12(15)13(16)8-11/h2-8,17H,9H2,1H3. The number of methoxy groups -OCH3 is 1. The van der Waals surface area contributed by atoms with Crippen molar-refractivity contribution in [3.63, 3.8) is 0 Å². The Kier molecular flexibility index (Phi) is 4.34. The summed E-state index contributed by atoms with van der Waals surface area (Å²) in [6, 6.07) is 13.3. The maximum absolute atomic E-state index is 5.96. The van der Waals surface area contributed by atoms with Gasteiger partial charge in [0.25, 0.3) is 0 Å². The average molecular weight is 282 g/mol. The molecule has 0 radical (unpaired) electrons. The van der Waals surface area contributed by atoms with Crippen molar-refractivity contribution in [1.82, 2.24) is 0 Å². The summed E-state index contributed by atoms with van der Waals surface area (Å²) in [6.07, 6.45) is 0. The Morgan fingerprint density at radius 3 is 2.56 bits per heavy atom. The number of rotatable bonds is 4. The molecule has 18 heavy (non-hydrogen) atoms. The fourth-order valence-electron chi connectivity index (χ4n) is 1.65. The van der Waals surface area contributed by atoms with Gasteiger partial charge in [-0.3, -0.25) is 0 Å². The lowest BCUT2D eigenvalue weighted by molar-refractivity contribution is 0.410. The number of ether oxygens (including phenoxy) is 1. The number of benzene rings is 2. The van der Waals surface area contributed by atoms with Crippen LogP contribution in [0.4, 0.5) is 5.69 Å². The van der Waals surface area contributed by atoms with E-state index < -0.39 is 0 Å². The van der Waals surface area contributed by atoms with E-state index in [2.05, 4.69) is 5.32 Å². The molecule has 0 aliphatic heterocycles. The second kappa shape index (κ2) is 5.98. The second-order valence-corrected chi connectivity index (χ2v) is 4.61. The van der Waals surface area contributed by atoms with Gasteiger partial charge in [-0.1, -0.05) is 41.4 Å². The van der Waals surface area contributed by atoms with Crippen LogP contribution >= 0.6 is 23.2 Å². The number of hydrogen-bond donors (Lipinski definition) is 1. The van der Waals surface area contributed by atoms with E-state index in [0.29, 0.717) is 16.6 Å². The highest BCUT2D eigenvalue weighted by Crippen LogP contribution is 2.26. The van der Waals surface area contributed by atoms with Gasteiger partial charge in [0.2, 0.25) is 0 Å². The Labute approximate surface area is 116 Å². The Bertz CT molecular complexity index is 543. The van der Waals surface area contributed by atoms with Crippen molar-refractivity contribution in [2.24, 2.45) is 0 Å². The summed E-state index contributed by atoms with van der Waals surface area (Å²) < 4.78 is 5.29. The molecule has 0 amide bonds. The highest BCUT2D eigenvalue weighted by molar-refractivity contribution is 6.42. The lowest BCUT2D eigenvalue weighted by Crippen LogP contribution is -2.01. The van der Waals surface area contributed by atoms with Crippen LogP contribution in [0.2, 0.25) is 10.0 Å². The van der Waals surface area contributed by atoms with Gasteiger partial charge < -0.3 is 10.1 Å². The average Bonchev–Trinajstić information content (AvgIpc) is 2.40. The van der Waals surface area contributed by atoms with Crippen LogP contribution in [0.5, 0.6) is 5.75 Å². The summed E-state index contributed by atoms with van der Waals surface area (Å²) in [5.41, 5.74) is 2.02. The van der Waals surface area contributed by atoms with Crippen LogP contribution in [0.3, 0.4) is 0 Å². The lowest BCUT2D eigenvalue weighted by Gasteiger charge is -2.10. The van der Waals surface area contributed by atoms with Crippen molar-refractivity contribution in [2.45, 2.75) is 6.54 Å². The van der Waals surface area contributed by atoms with Crippen LogP contribution in [-0.4, -0.2) is 7.11 Å². The fraction of sp³-hybridized carbons (Fsp3) is 0.143. The lowest BCUT2D eigenvalue weighted by atomic mass is 10.2. The van der Waals surface area contributed by atoms with E-state index in [1.807, 2.05) is 30.3 Å². The van der Waals surface area contributed by atoms with Gasteiger partial charge in [-0.05, 0) is 24.3 Å². The Morgan fingerprint density at radius 2 is 1.83 bits per heavy atom. The van der Waals surface area contributed by atoms with Gasteiger partial charge in [0, 0.05) is 17.8 Å². The molecular weight excluding hydrogens is 269 g/mol. The predicted molar refractivity (Wildman–Crippen MR) is 76.8 cm³/mol. The van der Waals surface area contributed by atoms with E-state index >= 15 is 0 Å². The summed E-state index contributed by atoms with van der Waals surface area (Å²) in [5, 5.41) is 4.38. The fourth-order valence-corrected chi connectivity index (χ4v) is 1.95. The zero-order valence-electron chi connectivity index (χ0n) is 9.91. The molecule has 94 valence electrons. The third-order valence-electron chi connectivity index (χ3n) is 2.60. The quantitative estimate of drug-likeness (QED) is 0.883. The first-order chi connectivity index (χ1) is 8.70. The van der Waals surface area contributed by atoms with Crippen molar-refractivity contribution in [3.8, 4) is 5.75 Å². The molecule has 0 heterocycles. The predicted octanol–water partition coefficient (Wildman–Crippen LogP) is 4.61. The van der Waals surface area contributed by atoms with E-state index in [-0.39, 0.29) is 0 Å². The Hall–Kier alpha value is -1.38. The van der Waals surface area contributed by atoms with Gasteiger partial charge in [0.05, 0.1) is 17.2 Å². The van der Waals surface area contributed by atoms with Crippen molar-refractivity contribution >= 4 is 28.9 Å². The zero-order valence-corrected chi connectivity index (χ0v) is 11.4. The summed E-state index contributed by atoms with van der Waals surface area (Å²) in [7, 11) is 1.66. The highest BCUT2D eigenvalue weighted by atomic mass is 35.5. The monoisotopic (exact) mass is 281 g/mol. The molecule has 0 saturated carbocycles. The number of para-hydroxylation sites is 1. The minimum atomic E-state index is 0.543. The van der Waals surface area contributed by atoms with E-state index in [1.54, 1.807) is 19.2 Å². The van der Waals surface area contributed by atoms with Crippen LogP contribution in [-0.2, 0) is 6.54 Å². The van der Waals surface area contributed by atoms with Gasteiger partial charge in [0.15, 0.2) is 0 Å². The first-order valence-electron chi connectivity index (χ1n) is 5.51. The number of anilines is 1. The molecule has 2 rings (SSSR count). The summed E-state index contributed by atoms with van der Waals surface area (Å²) in [6.45, 7) is 0.669. The molecule has 0 aliphatic carbocycles. The summed E-state index contributed by atoms with van der Waals surface area (Å²) in [4.78, 5) is 0. The second-order valence-electron chi connectivity index (χ2n) is 3.79. The summed E-state index contributed by atoms with van der Waals surface area (Å²) >= 11 is 11.8.